The van der Waals surface area contributed by atoms with Crippen LogP contribution in [0.1, 0.15) is 31.2 Å². The van der Waals surface area contributed by atoms with Crippen molar-refractivity contribution in [3.63, 3.8) is 0 Å². The predicted molar refractivity (Wildman–Crippen MR) is 84.7 cm³/mol. The van der Waals surface area contributed by atoms with E-state index < -0.39 is 0 Å². The van der Waals surface area contributed by atoms with Gasteiger partial charge in [-0.2, -0.15) is 5.26 Å². The molecule has 1 saturated heterocycles. The Kier molecular flexibility index (Phi) is 4.92. The molecule has 1 heterocycles. The van der Waals surface area contributed by atoms with E-state index >= 15 is 0 Å². The molecule has 0 aromatic heterocycles. The van der Waals surface area contributed by atoms with Crippen molar-refractivity contribution in [1.29, 1.82) is 5.26 Å². The maximum Gasteiger partial charge on any atom is 0.228 e. The molecule has 3 rings (SSSR count). The van der Waals surface area contributed by atoms with Crippen molar-refractivity contribution in [2.24, 2.45) is 5.92 Å². The summed E-state index contributed by atoms with van der Waals surface area (Å²) in [5.41, 5.74) is 0.939. The number of nitrogens with zero attached hydrogens (tertiary/aromatic N) is 3. The first-order chi connectivity index (χ1) is 11.2. The third kappa shape index (κ3) is 4.08. The first-order valence-electron chi connectivity index (χ1n) is 8.31. The maximum absolute atomic E-state index is 13.3. The smallest absolute Gasteiger partial charge is 0.228 e. The molecule has 23 heavy (non-hydrogen) atoms. The van der Waals surface area contributed by atoms with E-state index in [0.29, 0.717) is 13.1 Å². The van der Waals surface area contributed by atoms with Crippen molar-refractivity contribution in [2.75, 3.05) is 19.6 Å². The number of rotatable bonds is 5. The second-order valence-corrected chi connectivity index (χ2v) is 6.56. The van der Waals surface area contributed by atoms with Gasteiger partial charge >= 0.3 is 0 Å². The number of amides is 1. The van der Waals surface area contributed by atoms with Crippen LogP contribution in [0.25, 0.3) is 0 Å². The summed E-state index contributed by atoms with van der Waals surface area (Å²) in [7, 11) is 0. The van der Waals surface area contributed by atoms with Gasteiger partial charge < -0.3 is 4.90 Å². The van der Waals surface area contributed by atoms with Crippen LogP contribution in [0.2, 0.25) is 0 Å². The van der Waals surface area contributed by atoms with Crippen molar-refractivity contribution < 1.29 is 9.18 Å². The zero-order chi connectivity index (χ0) is 16.2. The first kappa shape index (κ1) is 15.9. The van der Waals surface area contributed by atoms with E-state index in [1.807, 2.05) is 6.07 Å². The Morgan fingerprint density at radius 2 is 2.22 bits per heavy atom. The summed E-state index contributed by atoms with van der Waals surface area (Å²) in [5.74, 6) is -0.134. The van der Waals surface area contributed by atoms with E-state index in [4.69, 9.17) is 5.26 Å². The molecular formula is C18H22FN3O. The summed E-state index contributed by atoms with van der Waals surface area (Å²) in [5, 5.41) is 8.94. The minimum absolute atomic E-state index is 0.0359. The molecule has 2 aliphatic rings. The highest BCUT2D eigenvalue weighted by Crippen LogP contribution is 2.30. The van der Waals surface area contributed by atoms with Gasteiger partial charge in [-0.15, -0.1) is 0 Å². The summed E-state index contributed by atoms with van der Waals surface area (Å²) in [6.45, 7) is 2.50. The van der Waals surface area contributed by atoms with Gasteiger partial charge in [-0.25, -0.2) is 4.39 Å². The van der Waals surface area contributed by atoms with Gasteiger partial charge in [-0.1, -0.05) is 12.1 Å². The Balaban J connectivity index is 1.61. The zero-order valence-electron chi connectivity index (χ0n) is 13.2. The van der Waals surface area contributed by atoms with Gasteiger partial charge in [0.2, 0.25) is 5.91 Å². The van der Waals surface area contributed by atoms with Crippen molar-refractivity contribution in [3.05, 3.63) is 35.6 Å². The fourth-order valence-electron chi connectivity index (χ4n) is 3.38. The number of hydrogen-bond acceptors (Lipinski definition) is 3. The molecule has 1 atom stereocenters. The number of piperidine rings is 1. The number of carbonyl (C=O) groups excluding carboxylic acids is 1. The van der Waals surface area contributed by atoms with Crippen LogP contribution in [0.4, 0.5) is 4.39 Å². The minimum Gasteiger partial charge on any atom is -0.326 e. The third-order valence-corrected chi connectivity index (χ3v) is 4.66. The van der Waals surface area contributed by atoms with Crippen LogP contribution in [0.5, 0.6) is 0 Å². The van der Waals surface area contributed by atoms with Crippen molar-refractivity contribution in [1.82, 2.24) is 9.80 Å². The number of carbonyl (C=O) groups is 1. The van der Waals surface area contributed by atoms with Crippen LogP contribution in [-0.2, 0) is 11.3 Å². The Labute approximate surface area is 136 Å². The van der Waals surface area contributed by atoms with E-state index in [0.717, 1.165) is 37.8 Å². The number of halogens is 1. The largest absolute Gasteiger partial charge is 0.326 e. The zero-order valence-corrected chi connectivity index (χ0v) is 13.2. The molecule has 0 spiro atoms. The van der Waals surface area contributed by atoms with E-state index in [-0.39, 0.29) is 30.2 Å². The molecule has 5 heteroatoms. The molecule has 0 N–H and O–H groups in total. The Hall–Kier alpha value is -1.93. The van der Waals surface area contributed by atoms with E-state index in [1.165, 1.54) is 6.07 Å². The summed E-state index contributed by atoms with van der Waals surface area (Å²) in [4.78, 5) is 16.7. The molecule has 0 bridgehead atoms. The standard InChI is InChI=1S/C18H22FN3O/c19-16-5-1-3-14(11-16)12-21-9-2-4-15(13-21)18(23)22(10-8-20)17-6-7-17/h1,3,5,11,15,17H,2,4,6-7,9-10,12-13H2. The van der Waals surface area contributed by atoms with Gasteiger partial charge in [-0.05, 0) is 49.9 Å². The van der Waals surface area contributed by atoms with Crippen LogP contribution in [-0.4, -0.2) is 41.4 Å². The van der Waals surface area contributed by atoms with Crippen LogP contribution >= 0.6 is 0 Å². The quantitative estimate of drug-likeness (QED) is 0.785. The molecule has 1 aromatic rings. The van der Waals surface area contributed by atoms with E-state index in [2.05, 4.69) is 11.0 Å². The molecule has 1 unspecified atom stereocenters. The summed E-state index contributed by atoms with van der Waals surface area (Å²) in [6.07, 6.45) is 3.89. The van der Waals surface area contributed by atoms with Crippen LogP contribution < -0.4 is 0 Å². The molecule has 1 saturated carbocycles. The predicted octanol–water partition coefficient (Wildman–Crippen LogP) is 2.55. The Bertz CT molecular complexity index is 609. The van der Waals surface area contributed by atoms with Gasteiger partial charge in [-0.3, -0.25) is 9.69 Å². The summed E-state index contributed by atoms with van der Waals surface area (Å²) < 4.78 is 13.3. The lowest BCUT2D eigenvalue weighted by atomic mass is 9.96. The fraction of sp³-hybridized carbons (Fsp3) is 0.556. The molecule has 1 aliphatic carbocycles. The van der Waals surface area contributed by atoms with Crippen molar-refractivity contribution >= 4 is 5.91 Å². The highest BCUT2D eigenvalue weighted by Gasteiger charge is 2.37. The maximum atomic E-state index is 13.3. The molecule has 122 valence electrons. The van der Waals surface area contributed by atoms with Crippen LogP contribution in [0.3, 0.4) is 0 Å². The fourth-order valence-corrected chi connectivity index (χ4v) is 3.38. The highest BCUT2D eigenvalue weighted by atomic mass is 19.1. The molecule has 0 radical (unpaired) electrons. The summed E-state index contributed by atoms with van der Waals surface area (Å²) in [6, 6.07) is 9.03. The van der Waals surface area contributed by atoms with Crippen LogP contribution in [0, 0.1) is 23.1 Å². The third-order valence-electron chi connectivity index (χ3n) is 4.66. The average molecular weight is 315 g/mol. The first-order valence-corrected chi connectivity index (χ1v) is 8.31. The lowest BCUT2D eigenvalue weighted by Crippen LogP contribution is -2.45. The average Bonchev–Trinajstić information content (AvgIpc) is 3.37. The molecular weight excluding hydrogens is 293 g/mol. The lowest BCUT2D eigenvalue weighted by molar-refractivity contribution is -0.137. The summed E-state index contributed by atoms with van der Waals surface area (Å²) >= 11 is 0. The molecule has 1 amide bonds. The second kappa shape index (κ2) is 7.10. The van der Waals surface area contributed by atoms with Gasteiger partial charge in [0.1, 0.15) is 12.4 Å². The normalized spacial score (nSPS) is 21.7. The van der Waals surface area contributed by atoms with E-state index in [1.54, 1.807) is 17.0 Å². The molecule has 4 nitrogen and oxygen atoms in total. The number of likely N-dealkylation sites (tertiary alicyclic amines) is 1. The topological polar surface area (TPSA) is 47.3 Å². The Morgan fingerprint density at radius 3 is 2.91 bits per heavy atom. The van der Waals surface area contributed by atoms with Gasteiger partial charge in [0.15, 0.2) is 0 Å². The van der Waals surface area contributed by atoms with Crippen LogP contribution in [0.15, 0.2) is 24.3 Å². The number of hydrogen-bond donors (Lipinski definition) is 0. The number of benzene rings is 1. The second-order valence-electron chi connectivity index (χ2n) is 6.56. The minimum atomic E-state index is -0.221. The Morgan fingerprint density at radius 1 is 1.39 bits per heavy atom. The molecule has 2 fully saturated rings. The SMILES string of the molecule is N#CCN(C(=O)C1CCCN(Cc2cccc(F)c2)C1)C1CC1. The lowest BCUT2D eigenvalue weighted by Gasteiger charge is -2.34. The van der Waals surface area contributed by atoms with Gasteiger partial charge in [0.05, 0.1) is 12.0 Å². The molecule has 1 aromatic carbocycles. The van der Waals surface area contributed by atoms with Crippen molar-refractivity contribution in [3.8, 4) is 6.07 Å². The monoisotopic (exact) mass is 315 g/mol. The number of nitriles is 1. The molecule has 1 aliphatic heterocycles. The van der Waals surface area contributed by atoms with E-state index in [9.17, 15) is 9.18 Å². The van der Waals surface area contributed by atoms with Gasteiger partial charge in [0, 0.05) is 19.1 Å². The van der Waals surface area contributed by atoms with Crippen molar-refractivity contribution in [2.45, 2.75) is 38.3 Å². The van der Waals surface area contributed by atoms with Gasteiger partial charge in [0.25, 0.3) is 0 Å². The highest BCUT2D eigenvalue weighted by molar-refractivity contribution is 5.80.